The van der Waals surface area contributed by atoms with Crippen LogP contribution >= 0.6 is 54.8 Å². The van der Waals surface area contributed by atoms with Gasteiger partial charge in [0.1, 0.15) is 5.01 Å². The lowest BCUT2D eigenvalue weighted by Crippen LogP contribution is -2.13. The minimum absolute atomic E-state index is 0.211. The lowest BCUT2D eigenvalue weighted by molar-refractivity contribution is 0.102. The summed E-state index contributed by atoms with van der Waals surface area (Å²) in [5, 5.41) is 4.43. The Morgan fingerprint density at radius 3 is 2.52 bits per heavy atom. The molecule has 1 N–H and O–H groups in total. The van der Waals surface area contributed by atoms with Gasteiger partial charge in [0.05, 0.1) is 15.9 Å². The number of carbonyl (C=O) groups excluding carboxylic acids is 1. The third-order valence-corrected chi connectivity index (χ3v) is 6.33. The van der Waals surface area contributed by atoms with Gasteiger partial charge in [0.2, 0.25) is 0 Å². The van der Waals surface area contributed by atoms with E-state index in [2.05, 4.69) is 37.2 Å². The Labute approximate surface area is 181 Å². The van der Waals surface area contributed by atoms with Crippen molar-refractivity contribution in [1.82, 2.24) is 4.98 Å². The van der Waals surface area contributed by atoms with Gasteiger partial charge in [-0.05, 0) is 64.5 Å². The first-order valence-electron chi connectivity index (χ1n) is 7.93. The van der Waals surface area contributed by atoms with E-state index in [9.17, 15) is 4.79 Å². The number of amides is 1. The molecule has 134 valence electrons. The normalized spacial score (nSPS) is 10.9. The summed E-state index contributed by atoms with van der Waals surface area (Å²) >= 11 is 14.6. The molecule has 4 aromatic rings. The minimum Gasteiger partial charge on any atom is -0.320 e. The summed E-state index contributed by atoms with van der Waals surface area (Å²) in [4.78, 5) is 17.4. The largest absolute Gasteiger partial charge is 0.320 e. The maximum absolute atomic E-state index is 12.7. The van der Waals surface area contributed by atoms with Crippen LogP contribution in [0.5, 0.6) is 0 Å². The van der Waals surface area contributed by atoms with Crippen molar-refractivity contribution in [2.24, 2.45) is 0 Å². The van der Waals surface area contributed by atoms with Gasteiger partial charge in [-0.3, -0.25) is 4.79 Å². The summed E-state index contributed by atoms with van der Waals surface area (Å²) in [6.07, 6.45) is 0. The van der Waals surface area contributed by atoms with Gasteiger partial charge in [-0.25, -0.2) is 4.98 Å². The van der Waals surface area contributed by atoms with Gasteiger partial charge in [-0.1, -0.05) is 39.7 Å². The molecule has 1 aromatic heterocycles. The van der Waals surface area contributed by atoms with E-state index < -0.39 is 0 Å². The second kappa shape index (κ2) is 7.72. The molecular formula is C20H11Br2ClN2OS. The SMILES string of the molecule is O=C(Nc1c(Br)cc(Br)cc1-c1nc2ccccc2s1)c1ccc(Cl)cc1. The molecule has 0 aliphatic heterocycles. The number of thiazole rings is 1. The van der Waals surface area contributed by atoms with Crippen molar-refractivity contribution < 1.29 is 4.79 Å². The van der Waals surface area contributed by atoms with E-state index in [0.717, 1.165) is 29.7 Å². The summed E-state index contributed by atoms with van der Waals surface area (Å²) in [6.45, 7) is 0. The molecule has 0 spiro atoms. The Bertz CT molecular complexity index is 1130. The number of aromatic nitrogens is 1. The summed E-state index contributed by atoms with van der Waals surface area (Å²) in [5.74, 6) is -0.211. The van der Waals surface area contributed by atoms with Crippen LogP contribution in [-0.4, -0.2) is 10.9 Å². The molecule has 3 nitrogen and oxygen atoms in total. The second-order valence-electron chi connectivity index (χ2n) is 5.76. The number of hydrogen-bond acceptors (Lipinski definition) is 3. The molecule has 1 heterocycles. The van der Waals surface area contributed by atoms with Crippen LogP contribution in [0.1, 0.15) is 10.4 Å². The van der Waals surface area contributed by atoms with Crippen LogP contribution in [0.15, 0.2) is 69.6 Å². The quantitative estimate of drug-likeness (QED) is 0.305. The van der Waals surface area contributed by atoms with Crippen LogP contribution in [0.2, 0.25) is 5.02 Å². The molecule has 27 heavy (non-hydrogen) atoms. The van der Waals surface area contributed by atoms with Gasteiger partial charge < -0.3 is 5.32 Å². The van der Waals surface area contributed by atoms with Crippen molar-refractivity contribution in [3.63, 3.8) is 0 Å². The van der Waals surface area contributed by atoms with Crippen LogP contribution < -0.4 is 5.32 Å². The van der Waals surface area contributed by atoms with Crippen LogP contribution in [-0.2, 0) is 0 Å². The molecular weight excluding hydrogens is 512 g/mol. The molecule has 0 radical (unpaired) electrons. The van der Waals surface area contributed by atoms with E-state index in [1.165, 1.54) is 0 Å². The van der Waals surface area contributed by atoms with Crippen LogP contribution in [0.3, 0.4) is 0 Å². The number of fused-ring (bicyclic) bond motifs is 1. The smallest absolute Gasteiger partial charge is 0.255 e. The Hall–Kier alpha value is -1.73. The summed E-state index contributed by atoms with van der Waals surface area (Å²) < 4.78 is 2.76. The lowest BCUT2D eigenvalue weighted by Gasteiger charge is -2.13. The fourth-order valence-corrected chi connectivity index (χ4v) is 5.08. The third kappa shape index (κ3) is 3.94. The number of anilines is 1. The maximum Gasteiger partial charge on any atom is 0.255 e. The Kier molecular flexibility index (Phi) is 5.32. The van der Waals surface area contributed by atoms with Gasteiger partial charge in [0.25, 0.3) is 5.91 Å². The van der Waals surface area contributed by atoms with Gasteiger partial charge in [0, 0.05) is 25.1 Å². The monoisotopic (exact) mass is 520 g/mol. The lowest BCUT2D eigenvalue weighted by atomic mass is 10.1. The van der Waals surface area contributed by atoms with Crippen molar-refractivity contribution in [3.8, 4) is 10.6 Å². The molecule has 0 bridgehead atoms. The highest BCUT2D eigenvalue weighted by molar-refractivity contribution is 9.11. The average molecular weight is 523 g/mol. The molecule has 0 atom stereocenters. The number of halogens is 3. The van der Waals surface area contributed by atoms with Crippen LogP contribution in [0, 0.1) is 0 Å². The molecule has 4 rings (SSSR count). The standard InChI is InChI=1S/C20H11Br2ClN2OS/c21-12-9-14(20-24-16-3-1-2-4-17(16)27-20)18(15(22)10-12)25-19(26)11-5-7-13(23)8-6-11/h1-10H,(H,25,26). The molecule has 0 aliphatic rings. The van der Waals surface area contributed by atoms with Crippen molar-refractivity contribution >= 4 is 76.6 Å². The molecule has 7 heteroatoms. The maximum atomic E-state index is 12.7. The molecule has 0 unspecified atom stereocenters. The first-order valence-corrected chi connectivity index (χ1v) is 10.7. The molecule has 0 saturated heterocycles. The number of rotatable bonds is 3. The topological polar surface area (TPSA) is 42.0 Å². The Balaban J connectivity index is 1.78. The molecule has 0 saturated carbocycles. The van der Waals surface area contributed by atoms with Crippen LogP contribution in [0.4, 0.5) is 5.69 Å². The third-order valence-electron chi connectivity index (χ3n) is 3.92. The van der Waals surface area contributed by atoms with Crippen molar-refractivity contribution in [3.05, 3.63) is 80.2 Å². The predicted molar refractivity (Wildman–Crippen MR) is 120 cm³/mol. The Morgan fingerprint density at radius 2 is 1.78 bits per heavy atom. The summed E-state index contributed by atoms with van der Waals surface area (Å²) in [5.41, 5.74) is 2.99. The second-order valence-corrected chi connectivity index (χ2v) is 9.00. The predicted octanol–water partition coefficient (Wildman–Crippen LogP) is 7.39. The number of carbonyl (C=O) groups is 1. The van der Waals surface area contributed by atoms with E-state index in [4.69, 9.17) is 16.6 Å². The number of benzene rings is 3. The zero-order valence-corrected chi connectivity index (χ0v) is 18.4. The zero-order valence-electron chi connectivity index (χ0n) is 13.7. The number of para-hydroxylation sites is 1. The fraction of sp³-hybridized carbons (Fsp3) is 0. The highest BCUT2D eigenvalue weighted by atomic mass is 79.9. The Morgan fingerprint density at radius 1 is 1.04 bits per heavy atom. The van der Waals surface area contributed by atoms with Gasteiger partial charge in [-0.15, -0.1) is 11.3 Å². The van der Waals surface area contributed by atoms with Crippen molar-refractivity contribution in [1.29, 1.82) is 0 Å². The van der Waals surface area contributed by atoms with Gasteiger partial charge in [-0.2, -0.15) is 0 Å². The number of nitrogens with one attached hydrogen (secondary N) is 1. The zero-order chi connectivity index (χ0) is 19.0. The molecule has 0 aliphatic carbocycles. The van der Waals surface area contributed by atoms with Crippen LogP contribution in [0.25, 0.3) is 20.8 Å². The van der Waals surface area contributed by atoms with Gasteiger partial charge in [0.15, 0.2) is 0 Å². The first kappa shape index (κ1) is 18.6. The average Bonchev–Trinajstić information content (AvgIpc) is 3.08. The summed E-state index contributed by atoms with van der Waals surface area (Å²) in [7, 11) is 0. The summed E-state index contributed by atoms with van der Waals surface area (Å²) in [6, 6.07) is 18.6. The number of hydrogen-bond donors (Lipinski definition) is 1. The number of nitrogens with zero attached hydrogens (tertiary/aromatic N) is 1. The van der Waals surface area contributed by atoms with E-state index in [1.54, 1.807) is 35.6 Å². The molecule has 0 fully saturated rings. The van der Waals surface area contributed by atoms with E-state index >= 15 is 0 Å². The molecule has 1 amide bonds. The van der Waals surface area contributed by atoms with E-state index in [1.807, 2.05) is 36.4 Å². The highest BCUT2D eigenvalue weighted by Gasteiger charge is 2.17. The van der Waals surface area contributed by atoms with E-state index in [-0.39, 0.29) is 5.91 Å². The highest BCUT2D eigenvalue weighted by Crippen LogP contribution is 2.40. The minimum atomic E-state index is -0.211. The van der Waals surface area contributed by atoms with Gasteiger partial charge >= 0.3 is 0 Å². The van der Waals surface area contributed by atoms with Crippen molar-refractivity contribution in [2.75, 3.05) is 5.32 Å². The van der Waals surface area contributed by atoms with Crippen molar-refractivity contribution in [2.45, 2.75) is 0 Å². The first-order chi connectivity index (χ1) is 13.0. The molecule has 3 aromatic carbocycles. The van der Waals surface area contributed by atoms with E-state index in [0.29, 0.717) is 16.3 Å². The fourth-order valence-electron chi connectivity index (χ4n) is 2.64.